The lowest BCUT2D eigenvalue weighted by Gasteiger charge is -2.14. The lowest BCUT2D eigenvalue weighted by molar-refractivity contribution is -0.124. The summed E-state index contributed by atoms with van der Waals surface area (Å²) >= 11 is 4.36. The van der Waals surface area contributed by atoms with Crippen molar-refractivity contribution in [2.75, 3.05) is 18.8 Å². The van der Waals surface area contributed by atoms with Gasteiger partial charge in [-0.05, 0) is 24.6 Å². The summed E-state index contributed by atoms with van der Waals surface area (Å²) in [6.07, 6.45) is 0. The molecule has 1 aliphatic rings. The molecule has 1 aliphatic heterocycles. The van der Waals surface area contributed by atoms with Crippen LogP contribution in [0, 0.1) is 6.92 Å². The first-order valence-corrected chi connectivity index (χ1v) is 7.79. The Labute approximate surface area is 129 Å². The highest BCUT2D eigenvalue weighted by Gasteiger charge is 2.29. The molecule has 1 aromatic rings. The summed E-state index contributed by atoms with van der Waals surface area (Å²) in [5, 5.41) is 2.47. The van der Waals surface area contributed by atoms with Crippen LogP contribution in [-0.2, 0) is 4.79 Å². The van der Waals surface area contributed by atoms with Crippen LogP contribution in [0.25, 0.3) is 0 Å². The Morgan fingerprint density at radius 3 is 2.85 bits per heavy atom. The highest BCUT2D eigenvalue weighted by Crippen LogP contribution is 2.19. The number of nitrogens with zero attached hydrogens (tertiary/aromatic N) is 1. The van der Waals surface area contributed by atoms with Crippen LogP contribution >= 0.6 is 27.7 Å². The van der Waals surface area contributed by atoms with Crippen LogP contribution in [0.15, 0.2) is 22.7 Å². The number of halogens is 1. The molecule has 0 saturated carbocycles. The molecule has 1 N–H and O–H groups in total. The molecule has 7 heteroatoms. The normalized spacial score (nSPS) is 14.8. The van der Waals surface area contributed by atoms with Crippen molar-refractivity contribution in [3.05, 3.63) is 33.8 Å². The van der Waals surface area contributed by atoms with Gasteiger partial charge in [-0.3, -0.25) is 19.3 Å². The van der Waals surface area contributed by atoms with Gasteiger partial charge in [-0.25, -0.2) is 0 Å². The average Bonchev–Trinajstić information content (AvgIpc) is 2.73. The molecule has 3 amide bonds. The quantitative estimate of drug-likeness (QED) is 0.897. The molecule has 1 saturated heterocycles. The molecule has 0 radical (unpaired) electrons. The number of hydrogen-bond acceptors (Lipinski definition) is 4. The Kier molecular flexibility index (Phi) is 4.82. The minimum Gasteiger partial charge on any atom is -0.350 e. The lowest BCUT2D eigenvalue weighted by atomic mass is 10.1. The van der Waals surface area contributed by atoms with Crippen LogP contribution in [0.4, 0.5) is 4.79 Å². The summed E-state index contributed by atoms with van der Waals surface area (Å²) in [6, 6.07) is 5.39. The van der Waals surface area contributed by atoms with Crippen LogP contribution in [0.2, 0.25) is 0 Å². The van der Waals surface area contributed by atoms with Crippen molar-refractivity contribution in [1.29, 1.82) is 0 Å². The van der Waals surface area contributed by atoms with Gasteiger partial charge in [0, 0.05) is 23.1 Å². The lowest BCUT2D eigenvalue weighted by Crippen LogP contribution is -2.37. The van der Waals surface area contributed by atoms with Crippen molar-refractivity contribution >= 4 is 44.7 Å². The van der Waals surface area contributed by atoms with E-state index in [1.807, 2.05) is 13.0 Å². The molecule has 20 heavy (non-hydrogen) atoms. The van der Waals surface area contributed by atoms with Gasteiger partial charge in [0.1, 0.15) is 0 Å². The monoisotopic (exact) mass is 356 g/mol. The topological polar surface area (TPSA) is 66.5 Å². The summed E-state index contributed by atoms with van der Waals surface area (Å²) in [5.41, 5.74) is 1.43. The predicted molar refractivity (Wildman–Crippen MR) is 80.8 cm³/mol. The Balaban J connectivity index is 1.91. The first-order valence-electron chi connectivity index (χ1n) is 6.01. The fraction of sp³-hybridized carbons (Fsp3) is 0.308. The molecule has 2 rings (SSSR count). The largest absolute Gasteiger partial charge is 0.350 e. The van der Waals surface area contributed by atoms with E-state index in [0.717, 1.165) is 21.8 Å². The van der Waals surface area contributed by atoms with Gasteiger partial charge in [0.15, 0.2) is 0 Å². The van der Waals surface area contributed by atoms with Crippen LogP contribution in [0.5, 0.6) is 0 Å². The van der Waals surface area contributed by atoms with Crippen molar-refractivity contribution in [3.8, 4) is 0 Å². The van der Waals surface area contributed by atoms with Gasteiger partial charge in [0.2, 0.25) is 5.91 Å². The molecule has 0 aromatic heterocycles. The second-order valence-electron chi connectivity index (χ2n) is 4.27. The highest BCUT2D eigenvalue weighted by atomic mass is 79.9. The number of nitrogens with one attached hydrogen (secondary N) is 1. The first kappa shape index (κ1) is 15.1. The van der Waals surface area contributed by atoms with Gasteiger partial charge < -0.3 is 5.32 Å². The Morgan fingerprint density at radius 1 is 1.45 bits per heavy atom. The van der Waals surface area contributed by atoms with Crippen molar-refractivity contribution in [1.82, 2.24) is 10.2 Å². The predicted octanol–water partition coefficient (Wildman–Crippen LogP) is 2.18. The minimum atomic E-state index is -0.247. The van der Waals surface area contributed by atoms with Gasteiger partial charge in [0.05, 0.1) is 5.75 Å². The van der Waals surface area contributed by atoms with Crippen molar-refractivity contribution in [2.45, 2.75) is 6.92 Å². The molecule has 106 valence electrons. The zero-order valence-electron chi connectivity index (χ0n) is 10.8. The summed E-state index contributed by atoms with van der Waals surface area (Å²) in [5.74, 6) is -0.222. The summed E-state index contributed by atoms with van der Waals surface area (Å²) < 4.78 is 0.867. The zero-order valence-corrected chi connectivity index (χ0v) is 13.2. The Hall–Kier alpha value is -1.34. The second kappa shape index (κ2) is 6.41. The number of hydrogen-bond donors (Lipinski definition) is 1. The van der Waals surface area contributed by atoms with E-state index in [4.69, 9.17) is 0 Å². The molecule has 1 fully saturated rings. The standard InChI is InChI=1S/C13H13BrN2O3S/c1-8-9(3-2-4-10(8)14)12(18)15-5-6-16-11(17)7-20-13(16)19/h2-4H,5-7H2,1H3,(H,15,18). The minimum absolute atomic E-state index is 0.192. The van der Waals surface area contributed by atoms with E-state index in [-0.39, 0.29) is 35.9 Å². The number of thioether (sulfide) groups is 1. The van der Waals surface area contributed by atoms with Crippen LogP contribution in [-0.4, -0.2) is 40.8 Å². The summed E-state index contributed by atoms with van der Waals surface area (Å²) in [7, 11) is 0. The van der Waals surface area contributed by atoms with Gasteiger partial charge in [-0.2, -0.15) is 0 Å². The molecule has 0 bridgehead atoms. The number of carbonyl (C=O) groups is 3. The number of carbonyl (C=O) groups excluding carboxylic acids is 3. The van der Waals surface area contributed by atoms with Gasteiger partial charge >= 0.3 is 0 Å². The maximum atomic E-state index is 12.0. The van der Waals surface area contributed by atoms with E-state index in [9.17, 15) is 14.4 Å². The van der Waals surface area contributed by atoms with E-state index < -0.39 is 0 Å². The zero-order chi connectivity index (χ0) is 14.7. The molecule has 1 aromatic carbocycles. The van der Waals surface area contributed by atoms with E-state index in [1.54, 1.807) is 12.1 Å². The molecular weight excluding hydrogens is 344 g/mol. The van der Waals surface area contributed by atoms with Crippen LogP contribution in [0.1, 0.15) is 15.9 Å². The van der Waals surface area contributed by atoms with Crippen LogP contribution < -0.4 is 5.32 Å². The van der Waals surface area contributed by atoms with Gasteiger partial charge in [-0.15, -0.1) is 0 Å². The van der Waals surface area contributed by atoms with Gasteiger partial charge in [-0.1, -0.05) is 33.8 Å². The van der Waals surface area contributed by atoms with Crippen molar-refractivity contribution in [3.63, 3.8) is 0 Å². The van der Waals surface area contributed by atoms with E-state index in [0.29, 0.717) is 5.56 Å². The first-order chi connectivity index (χ1) is 9.50. The third-order valence-electron chi connectivity index (χ3n) is 2.97. The molecule has 0 atom stereocenters. The van der Waals surface area contributed by atoms with E-state index in [2.05, 4.69) is 21.2 Å². The summed E-state index contributed by atoms with van der Waals surface area (Å²) in [4.78, 5) is 36.0. The fourth-order valence-electron chi connectivity index (χ4n) is 1.83. The number of imide groups is 1. The van der Waals surface area contributed by atoms with E-state index in [1.165, 1.54) is 4.90 Å². The molecule has 0 spiro atoms. The maximum absolute atomic E-state index is 12.0. The van der Waals surface area contributed by atoms with Crippen molar-refractivity contribution in [2.24, 2.45) is 0 Å². The smallest absolute Gasteiger partial charge is 0.288 e. The fourth-order valence-corrected chi connectivity index (χ4v) is 2.94. The van der Waals surface area contributed by atoms with Crippen LogP contribution in [0.3, 0.4) is 0 Å². The molecule has 0 aliphatic carbocycles. The third-order valence-corrected chi connectivity index (χ3v) is 4.69. The molecule has 1 heterocycles. The Morgan fingerprint density at radius 2 is 2.20 bits per heavy atom. The SMILES string of the molecule is Cc1c(Br)cccc1C(=O)NCCN1C(=O)CSC1=O. The molecular formula is C13H13BrN2O3S. The number of amides is 3. The molecule has 5 nitrogen and oxygen atoms in total. The number of rotatable bonds is 4. The summed E-state index contributed by atoms with van der Waals surface area (Å²) in [6.45, 7) is 2.31. The second-order valence-corrected chi connectivity index (χ2v) is 6.05. The maximum Gasteiger partial charge on any atom is 0.288 e. The average molecular weight is 357 g/mol. The van der Waals surface area contributed by atoms with E-state index >= 15 is 0 Å². The van der Waals surface area contributed by atoms with Crippen molar-refractivity contribution < 1.29 is 14.4 Å². The molecule has 0 unspecified atom stereocenters. The van der Waals surface area contributed by atoms with Gasteiger partial charge in [0.25, 0.3) is 11.1 Å². The highest BCUT2D eigenvalue weighted by molar-refractivity contribution is 9.10. The Bertz CT molecular complexity index is 561. The third kappa shape index (κ3) is 3.21. The number of benzene rings is 1.